The number of nitrogens with zero attached hydrogens (tertiary/aromatic N) is 1. The molecule has 1 aromatic rings. The van der Waals surface area contributed by atoms with Gasteiger partial charge >= 0.3 is 0 Å². The maximum Gasteiger partial charge on any atom is 0.270 e. The molecule has 0 aromatic heterocycles. The number of hydrogen-bond acceptors (Lipinski definition) is 2. The van der Waals surface area contributed by atoms with E-state index in [0.717, 1.165) is 45.1 Å². The van der Waals surface area contributed by atoms with Crippen molar-refractivity contribution in [3.8, 4) is 0 Å². The van der Waals surface area contributed by atoms with E-state index < -0.39 is 5.92 Å². The molecule has 5 heteroatoms. The van der Waals surface area contributed by atoms with E-state index in [-0.39, 0.29) is 5.56 Å². The summed E-state index contributed by atoms with van der Waals surface area (Å²) in [5, 5.41) is 11.1. The summed E-state index contributed by atoms with van der Waals surface area (Å²) < 4.78 is 25.2. The quantitative estimate of drug-likeness (QED) is 0.458. The van der Waals surface area contributed by atoms with Gasteiger partial charge in [-0.25, -0.2) is 8.78 Å². The van der Waals surface area contributed by atoms with Gasteiger partial charge in [0, 0.05) is 38.7 Å². The summed E-state index contributed by atoms with van der Waals surface area (Å²) in [5.74, 6) is -2.05. The molecule has 2 rings (SSSR count). The molecule has 1 aliphatic heterocycles. The zero-order valence-corrected chi connectivity index (χ0v) is 15.6. The summed E-state index contributed by atoms with van der Waals surface area (Å²) in [6.45, 7) is 8.91. The number of rotatable bonds is 5. The van der Waals surface area contributed by atoms with Crippen molar-refractivity contribution in [1.29, 1.82) is 5.41 Å². The predicted octanol–water partition coefficient (Wildman–Crippen LogP) is 4.72. The Kier molecular flexibility index (Phi) is 9.35. The normalized spacial score (nSPS) is 15.0. The molecule has 0 atom stereocenters. The van der Waals surface area contributed by atoms with Crippen molar-refractivity contribution in [2.75, 3.05) is 26.2 Å². The zero-order valence-electron chi connectivity index (χ0n) is 15.6. The number of aryl methyl sites for hydroxylation is 1. The fourth-order valence-corrected chi connectivity index (χ4v) is 2.37. The van der Waals surface area contributed by atoms with Gasteiger partial charge in [0.05, 0.1) is 0 Å². The van der Waals surface area contributed by atoms with Gasteiger partial charge < -0.3 is 10.2 Å². The Morgan fingerprint density at radius 2 is 1.84 bits per heavy atom. The molecule has 140 valence electrons. The highest BCUT2D eigenvalue weighted by Gasteiger charge is 2.23. The third-order valence-electron chi connectivity index (χ3n) is 4.02. The number of amidine groups is 1. The van der Waals surface area contributed by atoms with E-state index >= 15 is 0 Å². The summed E-state index contributed by atoms with van der Waals surface area (Å²) in [7, 11) is 0. The van der Waals surface area contributed by atoms with Crippen molar-refractivity contribution in [1.82, 2.24) is 10.2 Å². The highest BCUT2D eigenvalue weighted by Crippen LogP contribution is 2.26. The molecule has 1 saturated heterocycles. The molecular weight excluding hydrogens is 320 g/mol. The number of nitrogens with one attached hydrogen (secondary N) is 2. The van der Waals surface area contributed by atoms with Crippen molar-refractivity contribution in [3.05, 3.63) is 47.5 Å². The number of hydrogen-bond donors (Lipinski definition) is 2. The molecule has 0 radical (unpaired) electrons. The molecule has 0 bridgehead atoms. The van der Waals surface area contributed by atoms with Gasteiger partial charge in [0.15, 0.2) is 0 Å². The van der Waals surface area contributed by atoms with Crippen molar-refractivity contribution in [2.24, 2.45) is 0 Å². The van der Waals surface area contributed by atoms with Crippen LogP contribution < -0.4 is 5.32 Å². The van der Waals surface area contributed by atoms with Gasteiger partial charge in [0.1, 0.15) is 5.84 Å². The van der Waals surface area contributed by atoms with E-state index in [1.54, 1.807) is 12.1 Å². The van der Waals surface area contributed by atoms with Crippen LogP contribution in [0.1, 0.15) is 44.2 Å². The van der Waals surface area contributed by atoms with E-state index in [1.807, 2.05) is 13.0 Å². The van der Waals surface area contributed by atoms with Gasteiger partial charge in [-0.3, -0.25) is 5.41 Å². The molecule has 1 heterocycles. The lowest BCUT2D eigenvalue weighted by Crippen LogP contribution is -2.45. The molecular formula is C20H31F2N3. The summed E-state index contributed by atoms with van der Waals surface area (Å²) in [6.07, 6.45) is 7.62. The van der Waals surface area contributed by atoms with Crippen LogP contribution >= 0.6 is 0 Å². The number of alkyl halides is 2. The van der Waals surface area contributed by atoms with Crippen LogP contribution in [0.25, 0.3) is 0 Å². The van der Waals surface area contributed by atoms with Gasteiger partial charge in [-0.1, -0.05) is 55.7 Å². The third-order valence-corrected chi connectivity index (χ3v) is 4.02. The van der Waals surface area contributed by atoms with Gasteiger partial charge in [0.25, 0.3) is 5.92 Å². The van der Waals surface area contributed by atoms with Gasteiger partial charge in [-0.15, -0.1) is 0 Å². The smallest absolute Gasteiger partial charge is 0.270 e. The third kappa shape index (κ3) is 8.77. The molecule has 0 amide bonds. The minimum Gasteiger partial charge on any atom is -0.355 e. The van der Waals surface area contributed by atoms with Crippen molar-refractivity contribution < 1.29 is 8.78 Å². The van der Waals surface area contributed by atoms with Crippen LogP contribution in [-0.2, 0) is 5.92 Å². The largest absolute Gasteiger partial charge is 0.355 e. The van der Waals surface area contributed by atoms with Gasteiger partial charge in [0.2, 0.25) is 0 Å². The molecule has 1 aromatic carbocycles. The monoisotopic (exact) mass is 351 g/mol. The number of unbranched alkanes of at least 4 members (excludes halogenated alkanes) is 2. The Bertz CT molecular complexity index is 527. The lowest BCUT2D eigenvalue weighted by atomic mass is 10.1. The maximum absolute atomic E-state index is 12.6. The summed E-state index contributed by atoms with van der Waals surface area (Å²) in [5.41, 5.74) is 1.07. The highest BCUT2D eigenvalue weighted by atomic mass is 19.3. The molecule has 0 unspecified atom stereocenters. The fraction of sp³-hybridized carbons (Fsp3) is 0.550. The van der Waals surface area contributed by atoms with Crippen molar-refractivity contribution in [2.45, 2.75) is 46.0 Å². The number of allylic oxidation sites excluding steroid dienone is 1. The standard InChI is InChI=1S/C11H21N3.C9H10F2/c1-2-3-4-5-6-11(12)14-9-7-13-8-10-14;1-7-3-5-8(6-4-7)9(2,10)11/h5-6,12-13H,2-4,7-10H2,1H3;3-6H,1-2H3/b6-5-,12-11?;. The highest BCUT2D eigenvalue weighted by molar-refractivity contribution is 5.90. The molecule has 0 spiro atoms. The molecule has 0 saturated carbocycles. The summed E-state index contributed by atoms with van der Waals surface area (Å²) >= 11 is 0. The number of piperazine rings is 1. The minimum atomic E-state index is -2.71. The second-order valence-electron chi connectivity index (χ2n) is 6.42. The molecule has 25 heavy (non-hydrogen) atoms. The second kappa shape index (κ2) is 11.0. The average molecular weight is 351 g/mol. The SMILES string of the molecule is CCCC/C=C\C(=N)N1CCNCC1.Cc1ccc(C(C)(F)F)cc1. The molecule has 1 fully saturated rings. The Labute approximate surface area is 150 Å². The minimum absolute atomic E-state index is 0.0723. The van der Waals surface area contributed by atoms with E-state index in [1.165, 1.54) is 25.0 Å². The Morgan fingerprint density at radius 1 is 1.24 bits per heavy atom. The topological polar surface area (TPSA) is 39.1 Å². The van der Waals surface area contributed by atoms with Crippen LogP contribution in [0.3, 0.4) is 0 Å². The Hall–Kier alpha value is -1.75. The van der Waals surface area contributed by atoms with E-state index in [9.17, 15) is 8.78 Å². The Balaban J connectivity index is 0.000000257. The van der Waals surface area contributed by atoms with Crippen LogP contribution in [0, 0.1) is 12.3 Å². The van der Waals surface area contributed by atoms with E-state index in [2.05, 4.69) is 23.2 Å². The number of halogens is 2. The first-order valence-electron chi connectivity index (χ1n) is 9.00. The van der Waals surface area contributed by atoms with E-state index in [4.69, 9.17) is 5.41 Å². The van der Waals surface area contributed by atoms with Crippen LogP contribution in [-0.4, -0.2) is 36.9 Å². The van der Waals surface area contributed by atoms with Crippen LogP contribution in [0.2, 0.25) is 0 Å². The average Bonchev–Trinajstić information content (AvgIpc) is 2.59. The van der Waals surface area contributed by atoms with Gasteiger partial charge in [-0.05, 0) is 19.4 Å². The first kappa shape index (κ1) is 21.3. The molecule has 2 N–H and O–H groups in total. The maximum atomic E-state index is 12.6. The molecule has 3 nitrogen and oxygen atoms in total. The van der Waals surface area contributed by atoms with Crippen LogP contribution in [0.4, 0.5) is 8.78 Å². The first-order chi connectivity index (χ1) is 11.8. The second-order valence-corrected chi connectivity index (χ2v) is 6.42. The predicted molar refractivity (Wildman–Crippen MR) is 102 cm³/mol. The first-order valence-corrected chi connectivity index (χ1v) is 9.00. The van der Waals surface area contributed by atoms with Crippen molar-refractivity contribution in [3.63, 3.8) is 0 Å². The lowest BCUT2D eigenvalue weighted by molar-refractivity contribution is 0.0174. The van der Waals surface area contributed by atoms with Crippen LogP contribution in [0.5, 0.6) is 0 Å². The fourth-order valence-electron chi connectivity index (χ4n) is 2.37. The van der Waals surface area contributed by atoms with Gasteiger partial charge in [-0.2, -0.15) is 0 Å². The summed E-state index contributed by atoms with van der Waals surface area (Å²) in [6, 6.07) is 6.28. The molecule has 1 aliphatic rings. The Morgan fingerprint density at radius 3 is 2.36 bits per heavy atom. The lowest BCUT2D eigenvalue weighted by Gasteiger charge is -2.28. The van der Waals surface area contributed by atoms with E-state index in [0.29, 0.717) is 5.84 Å². The zero-order chi connectivity index (χ0) is 18.7. The van der Waals surface area contributed by atoms with Crippen LogP contribution in [0.15, 0.2) is 36.4 Å². The summed E-state index contributed by atoms with van der Waals surface area (Å²) in [4.78, 5) is 2.12. The van der Waals surface area contributed by atoms with Crippen molar-refractivity contribution >= 4 is 5.84 Å². The number of benzene rings is 1. The molecule has 0 aliphatic carbocycles.